The molecule has 3 N–H and O–H groups in total. The van der Waals surface area contributed by atoms with Gasteiger partial charge in [-0.1, -0.05) is 36.4 Å². The molecule has 10 nitrogen and oxygen atoms in total. The van der Waals surface area contributed by atoms with Gasteiger partial charge >= 0.3 is 5.97 Å². The lowest BCUT2D eigenvalue weighted by Crippen LogP contribution is -2.29. The van der Waals surface area contributed by atoms with E-state index in [1.165, 1.54) is 12.4 Å². The van der Waals surface area contributed by atoms with Crippen molar-refractivity contribution in [2.75, 3.05) is 23.7 Å². The highest BCUT2D eigenvalue weighted by Crippen LogP contribution is 2.34. The number of aliphatic carboxylic acids is 1. The lowest BCUT2D eigenvalue weighted by Gasteiger charge is -2.17. The van der Waals surface area contributed by atoms with Gasteiger partial charge < -0.3 is 25.1 Å². The predicted octanol–water partition coefficient (Wildman–Crippen LogP) is 5.70. The number of oxazole rings is 1. The van der Waals surface area contributed by atoms with Crippen molar-refractivity contribution in [2.45, 2.75) is 26.2 Å². The molecule has 2 aromatic heterocycles. The number of carboxylic acid groups (broad SMARTS) is 1. The van der Waals surface area contributed by atoms with Gasteiger partial charge in [0, 0.05) is 48.3 Å². The Balaban J connectivity index is 1.09. The first-order valence-electron chi connectivity index (χ1n) is 14.3. The number of hydrogen-bond acceptors (Lipinski definition) is 7. The third kappa shape index (κ3) is 6.00. The van der Waals surface area contributed by atoms with Crippen LogP contribution in [0.5, 0.6) is 0 Å². The fourth-order valence-electron chi connectivity index (χ4n) is 5.69. The van der Waals surface area contributed by atoms with Crippen LogP contribution < -0.4 is 10.6 Å². The fourth-order valence-corrected chi connectivity index (χ4v) is 5.69. The Morgan fingerprint density at radius 2 is 1.68 bits per heavy atom. The van der Waals surface area contributed by atoms with E-state index < -0.39 is 11.9 Å². The molecule has 3 aromatic carbocycles. The third-order valence-electron chi connectivity index (χ3n) is 8.00. The van der Waals surface area contributed by atoms with E-state index >= 15 is 0 Å². The molecule has 10 heteroatoms. The van der Waals surface area contributed by atoms with Gasteiger partial charge in [0.1, 0.15) is 5.52 Å². The lowest BCUT2D eigenvalue weighted by molar-refractivity contribution is -0.141. The largest absolute Gasteiger partial charge is 0.481 e. The molecule has 0 aliphatic carbocycles. The van der Waals surface area contributed by atoms with Gasteiger partial charge in [-0.2, -0.15) is 4.98 Å². The molecule has 2 amide bonds. The number of aryl methyl sites for hydroxylation is 2. The summed E-state index contributed by atoms with van der Waals surface area (Å²) in [4.78, 5) is 47.9. The summed E-state index contributed by atoms with van der Waals surface area (Å²) in [6.07, 6.45) is 3.21. The maximum atomic E-state index is 12.9. The van der Waals surface area contributed by atoms with Crippen molar-refractivity contribution >= 4 is 46.3 Å². The van der Waals surface area contributed by atoms with Crippen molar-refractivity contribution in [1.29, 1.82) is 0 Å². The lowest BCUT2D eigenvalue weighted by atomic mass is 9.89. The molecule has 44 heavy (non-hydrogen) atoms. The van der Waals surface area contributed by atoms with Gasteiger partial charge in [0.05, 0.1) is 12.3 Å². The molecule has 2 atom stereocenters. The Morgan fingerprint density at radius 1 is 0.955 bits per heavy atom. The van der Waals surface area contributed by atoms with Crippen molar-refractivity contribution in [3.63, 3.8) is 0 Å². The van der Waals surface area contributed by atoms with Crippen LogP contribution in [-0.2, 0) is 16.0 Å². The maximum Gasteiger partial charge on any atom is 0.308 e. The van der Waals surface area contributed by atoms with E-state index in [4.69, 9.17) is 4.42 Å². The van der Waals surface area contributed by atoms with E-state index in [0.717, 1.165) is 27.9 Å². The molecule has 1 aliphatic heterocycles. The van der Waals surface area contributed by atoms with Crippen LogP contribution in [0, 0.1) is 19.8 Å². The number of carbonyl (C=O) groups is 3. The minimum atomic E-state index is -0.950. The number of fused-ring (bicyclic) bond motifs is 1. The summed E-state index contributed by atoms with van der Waals surface area (Å²) in [6, 6.07) is 22.3. The Bertz CT molecular complexity index is 1830. The second-order valence-electron chi connectivity index (χ2n) is 11.1. The summed E-state index contributed by atoms with van der Waals surface area (Å²) in [5.74, 6) is -2.48. The van der Waals surface area contributed by atoms with Crippen LogP contribution in [0.1, 0.15) is 38.5 Å². The number of hydrogen-bond donors (Lipinski definition) is 3. The molecule has 0 radical (unpaired) electrons. The van der Waals surface area contributed by atoms with Crippen LogP contribution in [0.2, 0.25) is 0 Å². The number of nitrogens with one attached hydrogen (secondary N) is 2. The molecule has 1 saturated heterocycles. The second kappa shape index (κ2) is 12.0. The Labute approximate surface area is 253 Å². The topological polar surface area (TPSA) is 138 Å². The molecule has 0 bridgehead atoms. The minimum Gasteiger partial charge on any atom is -0.481 e. The normalized spacial score (nSPS) is 16.2. The van der Waals surface area contributed by atoms with E-state index in [1.54, 1.807) is 29.2 Å². The van der Waals surface area contributed by atoms with Crippen LogP contribution >= 0.6 is 0 Å². The number of pyridine rings is 1. The summed E-state index contributed by atoms with van der Waals surface area (Å²) in [5.41, 5.74) is 7.01. The van der Waals surface area contributed by atoms with E-state index in [-0.39, 0.29) is 37.2 Å². The maximum absolute atomic E-state index is 12.9. The van der Waals surface area contributed by atoms with Gasteiger partial charge in [0.2, 0.25) is 5.91 Å². The SMILES string of the molecule is Cc1cccc(C)c1Nc1nc2ccc(CC(=O)Nc3ccc(C4CN(C(=O)c5ccncc5)CC4C(=O)O)cc3)cc2o1. The van der Waals surface area contributed by atoms with Gasteiger partial charge in [-0.15, -0.1) is 0 Å². The van der Waals surface area contributed by atoms with Crippen molar-refractivity contribution in [3.8, 4) is 0 Å². The number of amides is 2. The molecule has 0 spiro atoms. The quantitative estimate of drug-likeness (QED) is 0.209. The number of nitrogens with zero attached hydrogens (tertiary/aromatic N) is 3. The molecule has 2 unspecified atom stereocenters. The fraction of sp³-hybridized carbons (Fsp3) is 0.206. The summed E-state index contributed by atoms with van der Waals surface area (Å²) in [7, 11) is 0. The molecular formula is C34H31N5O5. The summed E-state index contributed by atoms with van der Waals surface area (Å²) in [5, 5.41) is 16.0. The number of carboxylic acids is 1. The van der Waals surface area contributed by atoms with Crippen molar-refractivity contribution in [2.24, 2.45) is 5.92 Å². The Hall–Kier alpha value is -5.51. The average molecular weight is 590 g/mol. The number of para-hydroxylation sites is 1. The zero-order valence-corrected chi connectivity index (χ0v) is 24.3. The number of likely N-dealkylation sites (tertiary alicyclic amines) is 1. The number of carbonyl (C=O) groups excluding carboxylic acids is 2. The van der Waals surface area contributed by atoms with Crippen LogP contribution in [0.3, 0.4) is 0 Å². The van der Waals surface area contributed by atoms with Crippen LogP contribution in [-0.4, -0.2) is 50.8 Å². The molecule has 5 aromatic rings. The van der Waals surface area contributed by atoms with Crippen LogP contribution in [0.4, 0.5) is 17.4 Å². The molecule has 3 heterocycles. The zero-order valence-electron chi connectivity index (χ0n) is 24.3. The summed E-state index contributed by atoms with van der Waals surface area (Å²) in [6.45, 7) is 4.45. The van der Waals surface area contributed by atoms with E-state index in [9.17, 15) is 19.5 Å². The summed E-state index contributed by atoms with van der Waals surface area (Å²) < 4.78 is 5.93. The monoisotopic (exact) mass is 589 g/mol. The highest BCUT2D eigenvalue weighted by molar-refractivity contribution is 5.95. The van der Waals surface area contributed by atoms with Crippen molar-refractivity contribution < 1.29 is 23.9 Å². The predicted molar refractivity (Wildman–Crippen MR) is 166 cm³/mol. The average Bonchev–Trinajstić information content (AvgIpc) is 3.64. The van der Waals surface area contributed by atoms with Gasteiger partial charge in [-0.25, -0.2) is 0 Å². The minimum absolute atomic E-state index is 0.123. The highest BCUT2D eigenvalue weighted by Gasteiger charge is 2.40. The Morgan fingerprint density at radius 3 is 2.39 bits per heavy atom. The van der Waals surface area contributed by atoms with Gasteiger partial charge in [0.25, 0.3) is 11.9 Å². The molecule has 0 saturated carbocycles. The molecule has 6 rings (SSSR count). The first kappa shape index (κ1) is 28.6. The first-order valence-corrected chi connectivity index (χ1v) is 14.3. The smallest absolute Gasteiger partial charge is 0.308 e. The van der Waals surface area contributed by atoms with Gasteiger partial charge in [-0.05, 0) is 72.5 Å². The number of aromatic nitrogens is 2. The highest BCUT2D eigenvalue weighted by atomic mass is 16.4. The Kier molecular flexibility index (Phi) is 7.80. The number of benzene rings is 3. The molecule has 1 aliphatic rings. The molecular weight excluding hydrogens is 558 g/mol. The van der Waals surface area contributed by atoms with Gasteiger partial charge in [0.15, 0.2) is 5.58 Å². The first-order chi connectivity index (χ1) is 21.2. The van der Waals surface area contributed by atoms with Crippen molar-refractivity contribution in [3.05, 3.63) is 113 Å². The van der Waals surface area contributed by atoms with Gasteiger partial charge in [-0.3, -0.25) is 19.4 Å². The number of anilines is 3. The molecule has 1 fully saturated rings. The summed E-state index contributed by atoms with van der Waals surface area (Å²) >= 11 is 0. The van der Waals surface area contributed by atoms with E-state index in [0.29, 0.717) is 28.4 Å². The molecule has 222 valence electrons. The van der Waals surface area contributed by atoms with Crippen LogP contribution in [0.15, 0.2) is 89.6 Å². The van der Waals surface area contributed by atoms with Crippen molar-refractivity contribution in [1.82, 2.24) is 14.9 Å². The standard InChI is InChI=1S/C34H31N5O5/c1-20-4-3-5-21(2)31(20)38-34-37-28-11-6-22(16-29(28)44-34)17-30(40)36-25-9-7-23(8-10-25)26-18-39(19-27(26)33(42)43)32(41)24-12-14-35-15-13-24/h3-16,26-27H,17-19H2,1-2H3,(H,36,40)(H,37,38)(H,42,43). The zero-order chi connectivity index (χ0) is 30.8. The third-order valence-corrected chi connectivity index (χ3v) is 8.00. The van der Waals surface area contributed by atoms with E-state index in [1.807, 2.05) is 62.4 Å². The van der Waals surface area contributed by atoms with Crippen LogP contribution in [0.25, 0.3) is 11.1 Å². The number of rotatable bonds is 8. The second-order valence-corrected chi connectivity index (χ2v) is 11.1. The van der Waals surface area contributed by atoms with E-state index in [2.05, 4.69) is 20.6 Å².